The molecule has 0 bridgehead atoms. The van der Waals surface area contributed by atoms with Gasteiger partial charge in [0, 0.05) is 57.3 Å². The van der Waals surface area contributed by atoms with E-state index in [-0.39, 0.29) is 17.2 Å². The Bertz CT molecular complexity index is 1060. The molecule has 2 aliphatic heterocycles. The Morgan fingerprint density at radius 3 is 2.40 bits per heavy atom. The lowest BCUT2D eigenvalue weighted by molar-refractivity contribution is -0.135. The molecule has 7 nitrogen and oxygen atoms in total. The number of benzene rings is 1. The van der Waals surface area contributed by atoms with Crippen LogP contribution in [0.25, 0.3) is 6.08 Å². The van der Waals surface area contributed by atoms with Crippen LogP contribution in [-0.4, -0.2) is 77.5 Å². The fourth-order valence-corrected chi connectivity index (χ4v) is 5.74. The lowest BCUT2D eigenvalue weighted by Gasteiger charge is -2.36. The number of aromatic nitrogens is 1. The van der Waals surface area contributed by atoms with Crippen molar-refractivity contribution >= 4 is 17.9 Å². The van der Waals surface area contributed by atoms with Gasteiger partial charge in [-0.1, -0.05) is 47.6 Å². The summed E-state index contributed by atoms with van der Waals surface area (Å²) in [5, 5.41) is 3.96. The molecule has 2 aromatic rings. The molecule has 1 spiro atoms. The third-order valence-electron chi connectivity index (χ3n) is 8.27. The fraction of sp³-hybridized carbons (Fsp3) is 0.536. The molecule has 3 aliphatic rings. The van der Waals surface area contributed by atoms with Crippen LogP contribution in [0.5, 0.6) is 0 Å². The highest BCUT2D eigenvalue weighted by atomic mass is 16.5. The first-order chi connectivity index (χ1) is 16.9. The zero-order valence-corrected chi connectivity index (χ0v) is 20.9. The summed E-state index contributed by atoms with van der Waals surface area (Å²) in [6.07, 6.45) is 7.57. The number of rotatable bonds is 6. The Labute approximate surface area is 207 Å². The second kappa shape index (κ2) is 9.97. The number of piperazine rings is 1. The predicted octanol–water partition coefficient (Wildman–Crippen LogP) is 3.32. The van der Waals surface area contributed by atoms with E-state index in [0.29, 0.717) is 12.3 Å². The van der Waals surface area contributed by atoms with Gasteiger partial charge < -0.3 is 14.3 Å². The number of amides is 2. The van der Waals surface area contributed by atoms with Crippen molar-refractivity contribution in [3.63, 3.8) is 0 Å². The molecule has 0 N–H and O–H groups in total. The van der Waals surface area contributed by atoms with E-state index in [1.807, 2.05) is 24.8 Å². The minimum absolute atomic E-state index is 0.118. The van der Waals surface area contributed by atoms with E-state index in [1.54, 1.807) is 0 Å². The van der Waals surface area contributed by atoms with Crippen molar-refractivity contribution in [2.45, 2.75) is 39.5 Å². The summed E-state index contributed by atoms with van der Waals surface area (Å²) in [6.45, 7) is 9.62. The van der Waals surface area contributed by atoms with Crippen LogP contribution in [0.2, 0.25) is 0 Å². The number of hydrogen-bond donors (Lipinski definition) is 0. The largest absolute Gasteiger partial charge is 0.361 e. The van der Waals surface area contributed by atoms with Crippen molar-refractivity contribution < 1.29 is 14.1 Å². The molecule has 35 heavy (non-hydrogen) atoms. The minimum Gasteiger partial charge on any atom is -0.361 e. The fourth-order valence-electron chi connectivity index (χ4n) is 5.74. The zero-order chi connectivity index (χ0) is 24.4. The summed E-state index contributed by atoms with van der Waals surface area (Å²) in [7, 11) is 0. The maximum Gasteiger partial charge on any atom is 0.227 e. The van der Waals surface area contributed by atoms with Crippen molar-refractivity contribution in [2.75, 3.05) is 45.8 Å². The minimum atomic E-state index is 0.118. The second-order valence-electron chi connectivity index (χ2n) is 10.4. The van der Waals surface area contributed by atoms with Crippen LogP contribution in [-0.2, 0) is 16.0 Å². The van der Waals surface area contributed by atoms with Crippen LogP contribution in [0, 0.1) is 25.2 Å². The molecule has 1 aromatic heterocycles. The number of aryl methyl sites for hydroxylation is 2. The van der Waals surface area contributed by atoms with Gasteiger partial charge in [0.1, 0.15) is 5.76 Å². The van der Waals surface area contributed by atoms with Crippen LogP contribution in [0.3, 0.4) is 0 Å². The van der Waals surface area contributed by atoms with Crippen LogP contribution in [0.15, 0.2) is 40.9 Å². The van der Waals surface area contributed by atoms with Gasteiger partial charge in [-0.3, -0.25) is 14.5 Å². The third kappa shape index (κ3) is 5.20. The summed E-state index contributed by atoms with van der Waals surface area (Å²) < 4.78 is 5.20. The van der Waals surface area contributed by atoms with Gasteiger partial charge in [0.2, 0.25) is 11.8 Å². The Balaban J connectivity index is 1.05. The maximum atomic E-state index is 13.2. The Hall–Kier alpha value is -2.93. The first-order valence-corrected chi connectivity index (χ1v) is 12.9. The van der Waals surface area contributed by atoms with Crippen molar-refractivity contribution in [3.8, 4) is 0 Å². The molecule has 1 aromatic carbocycles. The number of carbonyl (C=O) groups excluding carboxylic acids is 2. The molecule has 1 atom stereocenters. The Morgan fingerprint density at radius 2 is 1.74 bits per heavy atom. The van der Waals surface area contributed by atoms with Crippen molar-refractivity contribution in [3.05, 3.63) is 59.0 Å². The zero-order valence-electron chi connectivity index (χ0n) is 20.9. The monoisotopic (exact) mass is 476 g/mol. The summed E-state index contributed by atoms with van der Waals surface area (Å²) in [6, 6.07) is 10.4. The van der Waals surface area contributed by atoms with Gasteiger partial charge in [0.15, 0.2) is 0 Å². The molecule has 186 valence electrons. The third-order valence-corrected chi connectivity index (χ3v) is 8.27. The van der Waals surface area contributed by atoms with Gasteiger partial charge in [-0.2, -0.15) is 0 Å². The number of carbonyl (C=O) groups is 2. The molecule has 1 saturated carbocycles. The highest BCUT2D eigenvalue weighted by Gasteiger charge is 2.59. The standard InChI is InChI=1S/C28H36N4O3/c1-21-24(22(2)35-29-21)19-26(33)31-13-10-28(11-14-31)20-25(28)27(34)32-17-15-30(16-18-32)12-6-9-23-7-4-3-5-8-23/h3-9,25H,10-20H2,1-2H3. The van der Waals surface area contributed by atoms with E-state index in [0.717, 1.165) is 82.1 Å². The van der Waals surface area contributed by atoms with Crippen molar-refractivity contribution in [1.82, 2.24) is 19.9 Å². The molecule has 2 saturated heterocycles. The van der Waals surface area contributed by atoms with Gasteiger partial charge in [-0.25, -0.2) is 0 Å². The quantitative estimate of drug-likeness (QED) is 0.640. The topological polar surface area (TPSA) is 69.9 Å². The maximum absolute atomic E-state index is 13.2. The highest BCUT2D eigenvalue weighted by Crippen LogP contribution is 2.60. The van der Waals surface area contributed by atoms with Gasteiger partial charge in [-0.15, -0.1) is 0 Å². The van der Waals surface area contributed by atoms with E-state index < -0.39 is 0 Å². The van der Waals surface area contributed by atoms with E-state index in [4.69, 9.17) is 4.52 Å². The van der Waals surface area contributed by atoms with Crippen LogP contribution in [0.4, 0.5) is 0 Å². The molecule has 2 amide bonds. The molecule has 7 heteroatoms. The first kappa shape index (κ1) is 23.8. The molecule has 3 heterocycles. The molecule has 1 aliphatic carbocycles. The SMILES string of the molecule is Cc1noc(C)c1CC(=O)N1CCC2(CC1)CC2C(=O)N1CCN(CC=Cc2ccccc2)CC1. The number of piperidine rings is 1. The van der Waals surface area contributed by atoms with Crippen LogP contribution in [0.1, 0.15) is 41.8 Å². The van der Waals surface area contributed by atoms with E-state index >= 15 is 0 Å². The summed E-state index contributed by atoms with van der Waals surface area (Å²) in [5.41, 5.74) is 3.04. The van der Waals surface area contributed by atoms with Crippen molar-refractivity contribution in [2.24, 2.45) is 11.3 Å². The number of nitrogens with zero attached hydrogens (tertiary/aromatic N) is 4. The van der Waals surface area contributed by atoms with Crippen LogP contribution >= 0.6 is 0 Å². The highest BCUT2D eigenvalue weighted by molar-refractivity contribution is 5.83. The lowest BCUT2D eigenvalue weighted by Crippen LogP contribution is -2.49. The summed E-state index contributed by atoms with van der Waals surface area (Å²) >= 11 is 0. The number of hydrogen-bond acceptors (Lipinski definition) is 5. The van der Waals surface area contributed by atoms with Gasteiger partial charge >= 0.3 is 0 Å². The van der Waals surface area contributed by atoms with Crippen molar-refractivity contribution in [1.29, 1.82) is 0 Å². The summed E-state index contributed by atoms with van der Waals surface area (Å²) in [4.78, 5) is 32.5. The molecule has 5 rings (SSSR count). The lowest BCUT2D eigenvalue weighted by atomic mass is 9.90. The average Bonchev–Trinajstić information content (AvgIpc) is 3.49. The molecule has 3 fully saturated rings. The normalized spacial score (nSPS) is 22.2. The second-order valence-corrected chi connectivity index (χ2v) is 10.4. The molecular formula is C28H36N4O3. The molecular weight excluding hydrogens is 440 g/mol. The smallest absolute Gasteiger partial charge is 0.227 e. The van der Waals surface area contributed by atoms with Crippen LogP contribution < -0.4 is 0 Å². The number of likely N-dealkylation sites (tertiary alicyclic amines) is 1. The van der Waals surface area contributed by atoms with Gasteiger partial charge in [-0.05, 0) is 44.1 Å². The summed E-state index contributed by atoms with van der Waals surface area (Å²) in [5.74, 6) is 1.34. The van der Waals surface area contributed by atoms with Gasteiger partial charge in [0.25, 0.3) is 0 Å². The molecule has 1 unspecified atom stereocenters. The Morgan fingerprint density at radius 1 is 1.03 bits per heavy atom. The van der Waals surface area contributed by atoms with E-state index in [9.17, 15) is 9.59 Å². The van der Waals surface area contributed by atoms with Gasteiger partial charge in [0.05, 0.1) is 12.1 Å². The first-order valence-electron chi connectivity index (χ1n) is 12.9. The van der Waals surface area contributed by atoms with E-state index in [1.165, 1.54) is 5.56 Å². The van der Waals surface area contributed by atoms with E-state index in [2.05, 4.69) is 51.4 Å². The Kier molecular flexibility index (Phi) is 6.78. The molecule has 0 radical (unpaired) electrons. The average molecular weight is 477 g/mol. The predicted molar refractivity (Wildman–Crippen MR) is 135 cm³/mol.